The van der Waals surface area contributed by atoms with Crippen LogP contribution in [0.25, 0.3) is 5.57 Å². The van der Waals surface area contributed by atoms with Gasteiger partial charge < -0.3 is 14.7 Å². The van der Waals surface area contributed by atoms with Crippen LogP contribution in [0.5, 0.6) is 5.75 Å². The van der Waals surface area contributed by atoms with Crippen molar-refractivity contribution >= 4 is 34.7 Å². The Morgan fingerprint density at radius 2 is 1.80 bits per heavy atom. The van der Waals surface area contributed by atoms with Gasteiger partial charge in [-0.1, -0.05) is 36.7 Å². The fourth-order valence-corrected chi connectivity index (χ4v) is 3.46. The summed E-state index contributed by atoms with van der Waals surface area (Å²) in [4.78, 5) is 29.4. The van der Waals surface area contributed by atoms with E-state index in [0.29, 0.717) is 28.6 Å². The molecule has 3 rings (SSSR count). The molecule has 1 aliphatic rings. The first-order valence-electron chi connectivity index (χ1n) is 9.83. The largest absolute Gasteiger partial charge is 0.494 e. The van der Waals surface area contributed by atoms with Crippen LogP contribution in [0, 0.1) is 6.92 Å². The summed E-state index contributed by atoms with van der Waals surface area (Å²) < 4.78 is 5.61. The number of amides is 2. The maximum Gasteiger partial charge on any atom is 0.282 e. The molecule has 1 heterocycles. The van der Waals surface area contributed by atoms with Crippen molar-refractivity contribution in [3.8, 4) is 5.75 Å². The summed E-state index contributed by atoms with van der Waals surface area (Å²) in [5, 5.41) is 9.84. The van der Waals surface area contributed by atoms with Gasteiger partial charge in [0.1, 0.15) is 11.4 Å². The summed E-state index contributed by atoms with van der Waals surface area (Å²) in [6, 6.07) is 12.2. The second kappa shape index (κ2) is 9.32. The third kappa shape index (κ3) is 4.20. The number of carbonyl (C=O) groups excluding carboxylic acids is 2. The molecule has 0 saturated carbocycles. The maximum atomic E-state index is 13.4. The molecule has 2 aromatic rings. The molecule has 0 spiro atoms. The van der Waals surface area contributed by atoms with Crippen molar-refractivity contribution in [1.82, 2.24) is 4.90 Å². The highest BCUT2D eigenvalue weighted by Crippen LogP contribution is 2.36. The first-order valence-corrected chi connectivity index (χ1v) is 10.2. The number of anilines is 1. The highest BCUT2D eigenvalue weighted by atomic mass is 35.5. The van der Waals surface area contributed by atoms with Crippen molar-refractivity contribution < 1.29 is 19.4 Å². The Morgan fingerprint density at radius 1 is 1.10 bits per heavy atom. The summed E-state index contributed by atoms with van der Waals surface area (Å²) >= 11 is 6.23. The molecule has 0 fully saturated rings. The number of imide groups is 1. The highest BCUT2D eigenvalue weighted by Gasteiger charge is 2.41. The quantitative estimate of drug-likeness (QED) is 0.650. The number of hydrogen-bond donors (Lipinski definition) is 1. The van der Waals surface area contributed by atoms with Gasteiger partial charge in [-0.15, -0.1) is 0 Å². The van der Waals surface area contributed by atoms with Gasteiger partial charge in [0.15, 0.2) is 0 Å². The lowest BCUT2D eigenvalue weighted by Crippen LogP contribution is -2.34. The Balaban J connectivity index is 2.04. The molecular weight excluding hydrogens is 404 g/mol. The summed E-state index contributed by atoms with van der Waals surface area (Å²) in [5.74, 6) is -0.176. The van der Waals surface area contributed by atoms with Gasteiger partial charge in [0.05, 0.1) is 24.5 Å². The minimum absolute atomic E-state index is 0.144. The van der Waals surface area contributed by atoms with Crippen molar-refractivity contribution in [2.24, 2.45) is 0 Å². The van der Waals surface area contributed by atoms with Crippen molar-refractivity contribution in [2.75, 3.05) is 31.7 Å². The zero-order valence-electron chi connectivity index (χ0n) is 17.3. The lowest BCUT2D eigenvalue weighted by molar-refractivity contribution is -0.120. The zero-order chi connectivity index (χ0) is 21.8. The van der Waals surface area contributed by atoms with E-state index in [1.54, 1.807) is 54.4 Å². The van der Waals surface area contributed by atoms with Gasteiger partial charge in [-0.2, -0.15) is 0 Å². The normalized spacial score (nSPS) is 14.0. The van der Waals surface area contributed by atoms with Gasteiger partial charge in [0.25, 0.3) is 11.8 Å². The van der Waals surface area contributed by atoms with E-state index in [4.69, 9.17) is 16.3 Å². The van der Waals surface area contributed by atoms with Crippen molar-refractivity contribution in [3.63, 3.8) is 0 Å². The number of rotatable bonds is 8. The molecule has 0 atom stereocenters. The fraction of sp³-hybridized carbons (Fsp3) is 0.304. The number of aliphatic hydroxyl groups is 1. The lowest BCUT2D eigenvalue weighted by Gasteiger charge is -2.20. The second-order valence-corrected chi connectivity index (χ2v) is 7.53. The average molecular weight is 429 g/mol. The molecule has 1 aliphatic heterocycles. The highest BCUT2D eigenvalue weighted by molar-refractivity contribution is 6.45. The van der Waals surface area contributed by atoms with E-state index in [-0.39, 0.29) is 24.4 Å². The standard InChI is InChI=1S/C23H25ClN2O4/c1-4-13-30-18-9-6-16(7-10-18)20-21(25(3)11-12-27)23(29)26(22(20)28)17-8-5-15(2)19(24)14-17/h5-10,14,27H,4,11-13H2,1-3H3. The van der Waals surface area contributed by atoms with Gasteiger partial charge in [0.2, 0.25) is 0 Å². The summed E-state index contributed by atoms with van der Waals surface area (Å²) in [6.45, 7) is 4.56. The average Bonchev–Trinajstić information content (AvgIpc) is 2.99. The minimum atomic E-state index is -0.447. The van der Waals surface area contributed by atoms with Crippen LogP contribution in [0.2, 0.25) is 5.02 Å². The Kier molecular flexibility index (Phi) is 6.80. The van der Waals surface area contributed by atoms with Crippen LogP contribution in [-0.2, 0) is 9.59 Å². The van der Waals surface area contributed by atoms with E-state index < -0.39 is 11.8 Å². The molecule has 7 heteroatoms. The topological polar surface area (TPSA) is 70.1 Å². The summed E-state index contributed by atoms with van der Waals surface area (Å²) in [7, 11) is 1.68. The monoisotopic (exact) mass is 428 g/mol. The molecule has 2 aromatic carbocycles. The van der Waals surface area contributed by atoms with Crippen molar-refractivity contribution in [1.29, 1.82) is 0 Å². The molecule has 0 bridgehead atoms. The molecule has 0 aromatic heterocycles. The van der Waals surface area contributed by atoms with Crippen LogP contribution >= 0.6 is 11.6 Å². The molecular formula is C23H25ClN2O4. The number of nitrogens with zero attached hydrogens (tertiary/aromatic N) is 2. The Hall–Kier alpha value is -2.83. The summed E-state index contributed by atoms with van der Waals surface area (Å²) in [5.41, 5.74) is 2.40. The third-order valence-corrected chi connectivity index (χ3v) is 5.31. The van der Waals surface area contributed by atoms with Gasteiger partial charge in [-0.3, -0.25) is 9.59 Å². The van der Waals surface area contributed by atoms with Gasteiger partial charge in [0, 0.05) is 18.6 Å². The number of likely N-dealkylation sites (N-methyl/N-ethyl adjacent to an activating group) is 1. The number of hydrogen-bond acceptors (Lipinski definition) is 5. The van der Waals surface area contributed by atoms with Crippen LogP contribution in [0.4, 0.5) is 5.69 Å². The first-order chi connectivity index (χ1) is 14.4. The van der Waals surface area contributed by atoms with E-state index >= 15 is 0 Å². The smallest absolute Gasteiger partial charge is 0.282 e. The maximum absolute atomic E-state index is 13.4. The van der Waals surface area contributed by atoms with Crippen LogP contribution in [0.1, 0.15) is 24.5 Å². The van der Waals surface area contributed by atoms with E-state index in [9.17, 15) is 14.7 Å². The molecule has 0 unspecified atom stereocenters. The molecule has 158 valence electrons. The Bertz CT molecular complexity index is 985. The molecule has 1 N–H and O–H groups in total. The minimum Gasteiger partial charge on any atom is -0.494 e. The number of halogens is 1. The van der Waals surface area contributed by atoms with Crippen molar-refractivity contribution in [2.45, 2.75) is 20.3 Å². The summed E-state index contributed by atoms with van der Waals surface area (Å²) in [6.07, 6.45) is 0.893. The first kappa shape index (κ1) is 21.9. The van der Waals surface area contributed by atoms with E-state index in [1.807, 2.05) is 13.8 Å². The molecule has 0 radical (unpaired) electrons. The number of ether oxygens (including phenoxy) is 1. The molecule has 2 amide bonds. The number of aryl methyl sites for hydroxylation is 1. The van der Waals surface area contributed by atoms with Crippen LogP contribution in [0.3, 0.4) is 0 Å². The van der Waals surface area contributed by atoms with E-state index in [2.05, 4.69) is 0 Å². The predicted molar refractivity (Wildman–Crippen MR) is 118 cm³/mol. The van der Waals surface area contributed by atoms with E-state index in [0.717, 1.165) is 16.9 Å². The molecule has 0 saturated heterocycles. The van der Waals surface area contributed by atoms with Crippen LogP contribution < -0.4 is 9.64 Å². The third-order valence-electron chi connectivity index (χ3n) is 4.91. The van der Waals surface area contributed by atoms with Gasteiger partial charge >= 0.3 is 0 Å². The van der Waals surface area contributed by atoms with Crippen LogP contribution in [-0.4, -0.2) is 48.6 Å². The SMILES string of the molecule is CCCOc1ccc(C2=C(N(C)CCO)C(=O)N(c3ccc(C)c(Cl)c3)C2=O)cc1. The Morgan fingerprint density at radius 3 is 2.40 bits per heavy atom. The van der Waals surface area contributed by atoms with E-state index in [1.165, 1.54) is 0 Å². The molecule has 0 aliphatic carbocycles. The number of aliphatic hydroxyl groups excluding tert-OH is 1. The number of benzene rings is 2. The lowest BCUT2D eigenvalue weighted by atomic mass is 10.0. The fourth-order valence-electron chi connectivity index (χ4n) is 3.29. The van der Waals surface area contributed by atoms with Crippen molar-refractivity contribution in [3.05, 3.63) is 64.3 Å². The molecule has 6 nitrogen and oxygen atoms in total. The predicted octanol–water partition coefficient (Wildman–Crippen LogP) is 3.65. The Labute approximate surface area is 181 Å². The zero-order valence-corrected chi connectivity index (χ0v) is 18.1. The van der Waals surface area contributed by atoms with Gasteiger partial charge in [-0.05, 0) is 48.7 Å². The van der Waals surface area contributed by atoms with Gasteiger partial charge in [-0.25, -0.2) is 4.90 Å². The van der Waals surface area contributed by atoms with Crippen LogP contribution in [0.15, 0.2) is 48.2 Å². The number of carbonyl (C=O) groups is 2. The second-order valence-electron chi connectivity index (χ2n) is 7.12. The molecule has 30 heavy (non-hydrogen) atoms.